The molecular weight excluding hydrogens is 263 g/mol. The van der Waals surface area contributed by atoms with E-state index in [2.05, 4.69) is 16.8 Å². The van der Waals surface area contributed by atoms with Gasteiger partial charge in [-0.2, -0.15) is 0 Å². The van der Waals surface area contributed by atoms with E-state index >= 15 is 0 Å². The van der Waals surface area contributed by atoms with Crippen molar-refractivity contribution < 1.29 is 4.39 Å². The molecule has 1 heterocycles. The minimum absolute atomic E-state index is 0.151. The van der Waals surface area contributed by atoms with Gasteiger partial charge in [0.1, 0.15) is 5.82 Å². The molecule has 1 aliphatic carbocycles. The Morgan fingerprint density at radius 1 is 1.37 bits per heavy atom. The average molecular weight is 279 g/mol. The molecule has 2 aromatic rings. The molecule has 1 aliphatic rings. The van der Waals surface area contributed by atoms with Crippen LogP contribution >= 0.6 is 11.6 Å². The zero-order valence-electron chi connectivity index (χ0n) is 10.5. The summed E-state index contributed by atoms with van der Waals surface area (Å²) in [6.45, 7) is 0.678. The normalized spacial score (nSPS) is 16.6. The molecule has 4 heteroatoms. The van der Waals surface area contributed by atoms with Crippen LogP contribution in [0.2, 0.25) is 5.02 Å². The van der Waals surface area contributed by atoms with Crippen molar-refractivity contribution in [3.8, 4) is 0 Å². The summed E-state index contributed by atoms with van der Waals surface area (Å²) in [7, 11) is 0. The highest BCUT2D eigenvalue weighted by atomic mass is 35.5. The topological polar surface area (TPSA) is 30.9 Å². The van der Waals surface area contributed by atoms with Crippen molar-refractivity contribution in [2.45, 2.75) is 25.4 Å². The second-order valence-electron chi connectivity index (χ2n) is 5.23. The van der Waals surface area contributed by atoms with Crippen molar-refractivity contribution in [2.75, 3.05) is 0 Å². The predicted octanol–water partition coefficient (Wildman–Crippen LogP) is 3.74. The first-order chi connectivity index (χ1) is 9.13. The summed E-state index contributed by atoms with van der Waals surface area (Å²) in [4.78, 5) is 0. The van der Waals surface area contributed by atoms with Crippen molar-refractivity contribution in [3.05, 3.63) is 58.6 Å². The monoisotopic (exact) mass is 278 g/mol. The molecule has 2 nitrogen and oxygen atoms in total. The summed E-state index contributed by atoms with van der Waals surface area (Å²) in [6, 6.07) is 7.03. The van der Waals surface area contributed by atoms with Crippen LogP contribution in [-0.4, -0.2) is 4.57 Å². The molecular formula is C15H16ClFN2. The van der Waals surface area contributed by atoms with Gasteiger partial charge in [-0.25, -0.2) is 4.39 Å². The van der Waals surface area contributed by atoms with Crippen LogP contribution in [0.3, 0.4) is 0 Å². The first-order valence-corrected chi connectivity index (χ1v) is 6.86. The Bertz CT molecular complexity index is 590. The quantitative estimate of drug-likeness (QED) is 0.907. The van der Waals surface area contributed by atoms with Crippen molar-refractivity contribution in [2.24, 2.45) is 11.7 Å². The molecule has 0 saturated heterocycles. The van der Waals surface area contributed by atoms with Crippen molar-refractivity contribution in [3.63, 3.8) is 0 Å². The molecule has 0 spiro atoms. The molecule has 2 N–H and O–H groups in total. The zero-order chi connectivity index (χ0) is 13.4. The van der Waals surface area contributed by atoms with Crippen LogP contribution < -0.4 is 5.73 Å². The van der Waals surface area contributed by atoms with Crippen LogP contribution in [0.1, 0.15) is 30.0 Å². The Morgan fingerprint density at radius 3 is 2.84 bits per heavy atom. The maximum atomic E-state index is 13.1. The van der Waals surface area contributed by atoms with E-state index in [1.807, 2.05) is 6.20 Å². The van der Waals surface area contributed by atoms with E-state index < -0.39 is 0 Å². The van der Waals surface area contributed by atoms with Gasteiger partial charge in [-0.05, 0) is 48.1 Å². The fraction of sp³-hybridized carbons (Fsp3) is 0.333. The Kier molecular flexibility index (Phi) is 3.33. The lowest BCUT2D eigenvalue weighted by atomic mass is 10.1. The third-order valence-electron chi connectivity index (χ3n) is 3.64. The Hall–Kier alpha value is -1.32. The molecule has 0 radical (unpaired) electrons. The van der Waals surface area contributed by atoms with Crippen LogP contribution in [0.4, 0.5) is 4.39 Å². The van der Waals surface area contributed by atoms with Gasteiger partial charge in [0, 0.05) is 25.0 Å². The summed E-state index contributed by atoms with van der Waals surface area (Å²) in [5.41, 5.74) is 8.32. The molecule has 0 aliphatic heterocycles. The maximum Gasteiger partial charge on any atom is 0.141 e. The van der Waals surface area contributed by atoms with Gasteiger partial charge in [-0.1, -0.05) is 17.7 Å². The van der Waals surface area contributed by atoms with E-state index in [9.17, 15) is 4.39 Å². The minimum Gasteiger partial charge on any atom is -0.350 e. The molecule has 100 valence electrons. The van der Waals surface area contributed by atoms with Gasteiger partial charge in [0.15, 0.2) is 0 Å². The second kappa shape index (κ2) is 4.99. The van der Waals surface area contributed by atoms with Crippen LogP contribution in [0, 0.1) is 11.7 Å². The van der Waals surface area contributed by atoms with Gasteiger partial charge >= 0.3 is 0 Å². The fourth-order valence-electron chi connectivity index (χ4n) is 2.33. The standard InChI is InChI=1S/C15H16ClFN2/c16-13-7-10(1-4-14(13)17)8-19-6-5-12(9-19)15(18)11-2-3-11/h1,4-7,9,11,15H,2-3,8,18H2. The van der Waals surface area contributed by atoms with Gasteiger partial charge in [-0.15, -0.1) is 0 Å². The number of halogens is 2. The SMILES string of the molecule is NC(c1ccn(Cc2ccc(F)c(Cl)c2)c1)C1CC1. The van der Waals surface area contributed by atoms with Crippen molar-refractivity contribution in [1.29, 1.82) is 0 Å². The highest BCUT2D eigenvalue weighted by molar-refractivity contribution is 6.30. The zero-order valence-corrected chi connectivity index (χ0v) is 11.3. The van der Waals surface area contributed by atoms with E-state index in [4.69, 9.17) is 17.3 Å². The molecule has 0 amide bonds. The van der Waals surface area contributed by atoms with E-state index in [0.29, 0.717) is 12.5 Å². The largest absolute Gasteiger partial charge is 0.350 e. The van der Waals surface area contributed by atoms with Crippen LogP contribution in [0.5, 0.6) is 0 Å². The summed E-state index contributed by atoms with van der Waals surface area (Å²) in [6.07, 6.45) is 6.55. The summed E-state index contributed by atoms with van der Waals surface area (Å²) >= 11 is 5.78. The molecule has 1 unspecified atom stereocenters. The van der Waals surface area contributed by atoms with E-state index in [0.717, 1.165) is 5.56 Å². The first-order valence-electron chi connectivity index (χ1n) is 6.48. The van der Waals surface area contributed by atoms with Crippen LogP contribution in [0.15, 0.2) is 36.7 Å². The molecule has 1 aromatic heterocycles. The summed E-state index contributed by atoms with van der Waals surface area (Å²) in [5.74, 6) is 0.269. The second-order valence-corrected chi connectivity index (χ2v) is 5.64. The van der Waals surface area contributed by atoms with Crippen LogP contribution in [0.25, 0.3) is 0 Å². The Labute approximate surface area is 117 Å². The Morgan fingerprint density at radius 2 is 2.16 bits per heavy atom. The number of rotatable bonds is 4. The van der Waals surface area contributed by atoms with E-state index in [1.165, 1.54) is 24.5 Å². The fourth-order valence-corrected chi connectivity index (χ4v) is 2.53. The molecule has 3 rings (SSSR count). The Balaban J connectivity index is 1.74. The minimum atomic E-state index is -0.380. The van der Waals surface area contributed by atoms with Gasteiger partial charge in [0.2, 0.25) is 0 Å². The number of benzene rings is 1. The van der Waals surface area contributed by atoms with Gasteiger partial charge in [-0.3, -0.25) is 0 Å². The molecule has 1 saturated carbocycles. The lowest BCUT2D eigenvalue weighted by molar-refractivity contribution is 0.625. The maximum absolute atomic E-state index is 13.1. The molecule has 1 fully saturated rings. The predicted molar refractivity (Wildman–Crippen MR) is 74.6 cm³/mol. The van der Waals surface area contributed by atoms with Gasteiger partial charge in [0.25, 0.3) is 0 Å². The smallest absolute Gasteiger partial charge is 0.141 e. The lowest BCUT2D eigenvalue weighted by Crippen LogP contribution is -2.11. The summed E-state index contributed by atoms with van der Waals surface area (Å²) < 4.78 is 15.1. The van der Waals surface area contributed by atoms with Crippen LogP contribution in [-0.2, 0) is 6.54 Å². The molecule has 0 bridgehead atoms. The number of aromatic nitrogens is 1. The van der Waals surface area contributed by atoms with Gasteiger partial charge < -0.3 is 10.3 Å². The first kappa shape index (κ1) is 12.7. The number of nitrogens with two attached hydrogens (primary N) is 1. The summed E-state index contributed by atoms with van der Waals surface area (Å²) in [5, 5.41) is 0.166. The number of hydrogen-bond donors (Lipinski definition) is 1. The van der Waals surface area contributed by atoms with E-state index in [1.54, 1.807) is 12.1 Å². The highest BCUT2D eigenvalue weighted by Gasteiger charge is 2.29. The molecule has 1 atom stereocenters. The highest BCUT2D eigenvalue weighted by Crippen LogP contribution is 2.39. The molecule has 19 heavy (non-hydrogen) atoms. The number of hydrogen-bond acceptors (Lipinski definition) is 1. The van der Waals surface area contributed by atoms with Gasteiger partial charge in [0.05, 0.1) is 5.02 Å². The third-order valence-corrected chi connectivity index (χ3v) is 3.93. The average Bonchev–Trinajstić information content (AvgIpc) is 3.14. The third kappa shape index (κ3) is 2.82. The van der Waals surface area contributed by atoms with Crippen molar-refractivity contribution >= 4 is 11.6 Å². The van der Waals surface area contributed by atoms with E-state index in [-0.39, 0.29) is 16.9 Å². The van der Waals surface area contributed by atoms with Crippen molar-refractivity contribution in [1.82, 2.24) is 4.57 Å². The number of nitrogens with zero attached hydrogens (tertiary/aromatic N) is 1. The lowest BCUT2D eigenvalue weighted by Gasteiger charge is -2.08. The molecule has 1 aromatic carbocycles.